The molecule has 0 fully saturated rings. The summed E-state index contributed by atoms with van der Waals surface area (Å²) in [5, 5.41) is 9.48. The molecular formula is C8H8BrF2NO2. The Bertz CT molecular complexity index is 333. The molecule has 1 heterocycles. The van der Waals surface area contributed by atoms with Gasteiger partial charge in [0.1, 0.15) is 5.69 Å². The molecule has 0 saturated carbocycles. The monoisotopic (exact) mass is 267 g/mol. The van der Waals surface area contributed by atoms with E-state index in [1.807, 2.05) is 0 Å². The van der Waals surface area contributed by atoms with Gasteiger partial charge in [-0.3, -0.25) is 0 Å². The van der Waals surface area contributed by atoms with E-state index < -0.39 is 6.43 Å². The minimum absolute atomic E-state index is 0.190. The molecule has 6 heteroatoms. The topological polar surface area (TPSA) is 42.4 Å². The van der Waals surface area contributed by atoms with Crippen LogP contribution in [0.2, 0.25) is 0 Å². The third-order valence-corrected chi connectivity index (χ3v) is 2.23. The predicted octanol–water partition coefficient (Wildman–Crippen LogP) is 2.63. The molecule has 0 atom stereocenters. The Balaban J connectivity index is 3.25. The number of halogens is 3. The summed E-state index contributed by atoms with van der Waals surface area (Å²) in [5.41, 5.74) is -0.130. The average Bonchev–Trinajstić information content (AvgIpc) is 2.16. The SMILES string of the molecule is COc1nc(C(F)F)c(CBr)cc1O. The molecule has 3 nitrogen and oxygen atoms in total. The van der Waals surface area contributed by atoms with E-state index >= 15 is 0 Å². The molecule has 1 aromatic heterocycles. The molecule has 1 aromatic rings. The quantitative estimate of drug-likeness (QED) is 0.857. The zero-order valence-electron chi connectivity index (χ0n) is 7.30. The van der Waals surface area contributed by atoms with Crippen LogP contribution >= 0.6 is 15.9 Å². The summed E-state index contributed by atoms with van der Waals surface area (Å²) in [6, 6.07) is 1.21. The van der Waals surface area contributed by atoms with Crippen LogP contribution in [-0.2, 0) is 5.33 Å². The highest BCUT2D eigenvalue weighted by atomic mass is 79.9. The number of alkyl halides is 3. The van der Waals surface area contributed by atoms with E-state index in [0.717, 1.165) is 0 Å². The van der Waals surface area contributed by atoms with E-state index in [1.54, 1.807) is 0 Å². The lowest BCUT2D eigenvalue weighted by Crippen LogP contribution is -1.99. The molecule has 0 aliphatic carbocycles. The maximum absolute atomic E-state index is 12.4. The summed E-state index contributed by atoms with van der Waals surface area (Å²) in [6.07, 6.45) is -2.68. The number of hydrogen-bond donors (Lipinski definition) is 1. The van der Waals surface area contributed by atoms with Crippen molar-refractivity contribution in [3.05, 3.63) is 17.3 Å². The maximum atomic E-state index is 12.4. The van der Waals surface area contributed by atoms with Gasteiger partial charge in [0.2, 0.25) is 0 Å². The fraction of sp³-hybridized carbons (Fsp3) is 0.375. The zero-order chi connectivity index (χ0) is 10.7. The van der Waals surface area contributed by atoms with Crippen molar-refractivity contribution in [3.8, 4) is 11.6 Å². The van der Waals surface area contributed by atoms with Crippen molar-refractivity contribution >= 4 is 15.9 Å². The van der Waals surface area contributed by atoms with Crippen LogP contribution in [-0.4, -0.2) is 17.2 Å². The van der Waals surface area contributed by atoms with Crippen LogP contribution in [0.25, 0.3) is 0 Å². The first-order chi connectivity index (χ1) is 6.60. The highest BCUT2D eigenvalue weighted by Gasteiger charge is 2.18. The van der Waals surface area contributed by atoms with Gasteiger partial charge in [0.05, 0.1) is 7.11 Å². The molecule has 0 amide bonds. The molecule has 0 unspecified atom stereocenters. The summed E-state index contributed by atoms with van der Waals surface area (Å²) >= 11 is 3.03. The van der Waals surface area contributed by atoms with Crippen molar-refractivity contribution in [2.24, 2.45) is 0 Å². The van der Waals surface area contributed by atoms with Gasteiger partial charge in [-0.05, 0) is 11.6 Å². The van der Waals surface area contributed by atoms with E-state index in [-0.39, 0.29) is 28.2 Å². The Morgan fingerprint density at radius 2 is 2.29 bits per heavy atom. The third kappa shape index (κ3) is 2.12. The number of methoxy groups -OCH3 is 1. The van der Waals surface area contributed by atoms with Crippen LogP contribution in [0.15, 0.2) is 6.07 Å². The van der Waals surface area contributed by atoms with Crippen molar-refractivity contribution in [2.75, 3.05) is 7.11 Å². The standard InChI is InChI=1S/C8H8BrF2NO2/c1-14-8-5(13)2-4(3-9)6(12-8)7(10)11/h2,7,13H,3H2,1H3. The average molecular weight is 268 g/mol. The summed E-state index contributed by atoms with van der Waals surface area (Å²) in [7, 11) is 1.26. The van der Waals surface area contributed by atoms with E-state index in [9.17, 15) is 13.9 Å². The summed E-state index contributed by atoms with van der Waals surface area (Å²) in [4.78, 5) is 3.51. The number of ether oxygens (including phenoxy) is 1. The van der Waals surface area contributed by atoms with E-state index in [2.05, 4.69) is 25.7 Å². The van der Waals surface area contributed by atoms with Gasteiger partial charge >= 0.3 is 0 Å². The molecule has 0 aliphatic rings. The van der Waals surface area contributed by atoms with Crippen LogP contribution in [0.5, 0.6) is 11.6 Å². The highest BCUT2D eigenvalue weighted by molar-refractivity contribution is 9.08. The lowest BCUT2D eigenvalue weighted by molar-refractivity contribution is 0.143. The van der Waals surface area contributed by atoms with Gasteiger partial charge in [0, 0.05) is 5.33 Å². The Kier molecular flexibility index (Phi) is 3.62. The van der Waals surface area contributed by atoms with Crippen molar-refractivity contribution in [1.82, 2.24) is 4.98 Å². The number of pyridine rings is 1. The van der Waals surface area contributed by atoms with Gasteiger partial charge in [-0.15, -0.1) is 0 Å². The number of hydrogen-bond acceptors (Lipinski definition) is 3. The second-order valence-electron chi connectivity index (χ2n) is 2.50. The molecule has 0 aromatic carbocycles. The van der Waals surface area contributed by atoms with Gasteiger partial charge < -0.3 is 9.84 Å². The number of nitrogens with zero attached hydrogens (tertiary/aromatic N) is 1. The molecule has 0 radical (unpaired) electrons. The normalized spacial score (nSPS) is 10.6. The Morgan fingerprint density at radius 3 is 2.71 bits per heavy atom. The first kappa shape index (κ1) is 11.2. The first-order valence-corrected chi connectivity index (χ1v) is 4.83. The van der Waals surface area contributed by atoms with Gasteiger partial charge in [-0.2, -0.15) is 0 Å². The smallest absolute Gasteiger partial charge is 0.280 e. The molecule has 14 heavy (non-hydrogen) atoms. The van der Waals surface area contributed by atoms with Crippen molar-refractivity contribution in [2.45, 2.75) is 11.8 Å². The molecule has 0 saturated heterocycles. The van der Waals surface area contributed by atoms with Crippen LogP contribution in [0.3, 0.4) is 0 Å². The van der Waals surface area contributed by atoms with Gasteiger partial charge in [-0.25, -0.2) is 13.8 Å². The van der Waals surface area contributed by atoms with Gasteiger partial charge in [0.15, 0.2) is 5.75 Å². The van der Waals surface area contributed by atoms with E-state index in [0.29, 0.717) is 0 Å². The zero-order valence-corrected chi connectivity index (χ0v) is 8.88. The largest absolute Gasteiger partial charge is 0.503 e. The predicted molar refractivity (Wildman–Crippen MR) is 50.0 cm³/mol. The summed E-state index contributed by atoms with van der Waals surface area (Å²) < 4.78 is 29.5. The molecule has 0 aliphatic heterocycles. The van der Waals surface area contributed by atoms with Crippen molar-refractivity contribution < 1.29 is 18.6 Å². The molecule has 1 rings (SSSR count). The van der Waals surface area contributed by atoms with Crippen LogP contribution in [0, 0.1) is 0 Å². The number of aromatic nitrogens is 1. The van der Waals surface area contributed by atoms with E-state index in [1.165, 1.54) is 13.2 Å². The molecule has 0 spiro atoms. The molecule has 78 valence electrons. The first-order valence-electron chi connectivity index (χ1n) is 3.71. The Hall–Kier alpha value is -0.910. The Morgan fingerprint density at radius 1 is 1.64 bits per heavy atom. The molecule has 0 bridgehead atoms. The number of rotatable bonds is 3. The summed E-state index contributed by atoms with van der Waals surface area (Å²) in [5.74, 6) is -0.434. The minimum atomic E-state index is -2.68. The second-order valence-corrected chi connectivity index (χ2v) is 3.06. The van der Waals surface area contributed by atoms with Gasteiger partial charge in [-0.1, -0.05) is 15.9 Å². The molecule has 1 N–H and O–H groups in total. The van der Waals surface area contributed by atoms with Crippen LogP contribution < -0.4 is 4.74 Å². The lowest BCUT2D eigenvalue weighted by Gasteiger charge is -2.09. The fourth-order valence-electron chi connectivity index (χ4n) is 0.985. The summed E-state index contributed by atoms with van der Waals surface area (Å²) in [6.45, 7) is 0. The molecular weight excluding hydrogens is 260 g/mol. The minimum Gasteiger partial charge on any atom is -0.503 e. The maximum Gasteiger partial charge on any atom is 0.280 e. The third-order valence-electron chi connectivity index (χ3n) is 1.63. The van der Waals surface area contributed by atoms with Crippen molar-refractivity contribution in [3.63, 3.8) is 0 Å². The van der Waals surface area contributed by atoms with Crippen LogP contribution in [0.1, 0.15) is 17.7 Å². The highest BCUT2D eigenvalue weighted by Crippen LogP contribution is 2.31. The second kappa shape index (κ2) is 4.54. The van der Waals surface area contributed by atoms with Crippen LogP contribution in [0.4, 0.5) is 8.78 Å². The number of aromatic hydroxyl groups is 1. The van der Waals surface area contributed by atoms with Crippen molar-refractivity contribution in [1.29, 1.82) is 0 Å². The lowest BCUT2D eigenvalue weighted by atomic mass is 10.2. The Labute approximate surface area is 87.9 Å². The fourth-order valence-corrected chi connectivity index (χ4v) is 1.43. The van der Waals surface area contributed by atoms with E-state index in [4.69, 9.17) is 0 Å². The van der Waals surface area contributed by atoms with Gasteiger partial charge in [0.25, 0.3) is 12.3 Å².